The van der Waals surface area contributed by atoms with E-state index in [9.17, 15) is 4.79 Å². The molecule has 2 aromatic rings. The predicted molar refractivity (Wildman–Crippen MR) is 96.7 cm³/mol. The third-order valence-electron chi connectivity index (χ3n) is 5.69. The van der Waals surface area contributed by atoms with Gasteiger partial charge in [-0.25, -0.2) is 4.98 Å². The second-order valence-electron chi connectivity index (χ2n) is 7.69. The lowest BCUT2D eigenvalue weighted by atomic mass is 9.96. The molecule has 0 radical (unpaired) electrons. The van der Waals surface area contributed by atoms with Crippen molar-refractivity contribution in [2.45, 2.75) is 64.7 Å². The summed E-state index contributed by atoms with van der Waals surface area (Å²) in [6, 6.07) is 2.00. The molecule has 2 aliphatic rings. The number of aryl methyl sites for hydroxylation is 1. The van der Waals surface area contributed by atoms with Gasteiger partial charge in [-0.1, -0.05) is 24.9 Å². The molecule has 1 saturated heterocycles. The number of aromatic nitrogens is 2. The van der Waals surface area contributed by atoms with Gasteiger partial charge in [0.25, 0.3) is 11.6 Å². The van der Waals surface area contributed by atoms with Crippen LogP contribution in [0.1, 0.15) is 79.5 Å². The van der Waals surface area contributed by atoms with Crippen LogP contribution >= 0.6 is 0 Å². The standard InChI is InChI=1S/C20H27N3O2/c1-3-5-14-6-4-10-23(11-9-14)20(24)16-12-17(15-7-8-15)21-19-18(16)13(2)22-25-19/h12,14-15H,3-11H2,1-2H3/t14-/m0/s1. The fourth-order valence-electron chi connectivity index (χ4n) is 4.11. The number of pyridine rings is 1. The quantitative estimate of drug-likeness (QED) is 0.824. The first-order valence-electron chi connectivity index (χ1n) is 9.73. The summed E-state index contributed by atoms with van der Waals surface area (Å²) in [6.45, 7) is 5.85. The Morgan fingerprint density at radius 3 is 2.88 bits per heavy atom. The number of fused-ring (bicyclic) bond motifs is 1. The Morgan fingerprint density at radius 1 is 1.28 bits per heavy atom. The largest absolute Gasteiger partial charge is 0.339 e. The van der Waals surface area contributed by atoms with Crippen LogP contribution < -0.4 is 0 Å². The second kappa shape index (κ2) is 6.77. The summed E-state index contributed by atoms with van der Waals surface area (Å²) in [6.07, 6.45) is 8.27. The van der Waals surface area contributed by atoms with Crippen molar-refractivity contribution in [3.8, 4) is 0 Å². The van der Waals surface area contributed by atoms with Crippen molar-refractivity contribution in [3.63, 3.8) is 0 Å². The Hall–Kier alpha value is -1.91. The number of nitrogens with zero attached hydrogens (tertiary/aromatic N) is 3. The van der Waals surface area contributed by atoms with Crippen LogP contribution in [-0.2, 0) is 0 Å². The Labute approximate surface area is 148 Å². The van der Waals surface area contributed by atoms with Gasteiger partial charge in [0.2, 0.25) is 0 Å². The van der Waals surface area contributed by atoms with E-state index < -0.39 is 0 Å². The number of hydrogen-bond donors (Lipinski definition) is 0. The molecule has 0 N–H and O–H groups in total. The number of carbonyl (C=O) groups is 1. The fourth-order valence-corrected chi connectivity index (χ4v) is 4.11. The molecule has 3 heterocycles. The molecule has 4 rings (SSSR count). The van der Waals surface area contributed by atoms with Gasteiger partial charge in [-0.3, -0.25) is 4.79 Å². The van der Waals surface area contributed by atoms with E-state index in [1.54, 1.807) is 0 Å². The van der Waals surface area contributed by atoms with Crippen LogP contribution in [0.3, 0.4) is 0 Å². The number of hydrogen-bond acceptors (Lipinski definition) is 4. The van der Waals surface area contributed by atoms with E-state index in [1.165, 1.54) is 19.3 Å². The molecule has 5 heteroatoms. The molecule has 2 aromatic heterocycles. The number of carbonyl (C=O) groups excluding carboxylic acids is 1. The molecular formula is C20H27N3O2. The molecule has 25 heavy (non-hydrogen) atoms. The van der Waals surface area contributed by atoms with E-state index in [2.05, 4.69) is 17.1 Å². The van der Waals surface area contributed by atoms with Gasteiger partial charge in [-0.05, 0) is 51.0 Å². The smallest absolute Gasteiger partial charge is 0.259 e. The van der Waals surface area contributed by atoms with Crippen LogP contribution in [0.5, 0.6) is 0 Å². The Morgan fingerprint density at radius 2 is 2.12 bits per heavy atom. The van der Waals surface area contributed by atoms with Crippen LogP contribution in [0, 0.1) is 12.8 Å². The zero-order valence-corrected chi connectivity index (χ0v) is 15.3. The summed E-state index contributed by atoms with van der Waals surface area (Å²) in [5, 5.41) is 4.85. The van der Waals surface area contributed by atoms with Gasteiger partial charge >= 0.3 is 0 Å². The summed E-state index contributed by atoms with van der Waals surface area (Å²) < 4.78 is 5.39. The van der Waals surface area contributed by atoms with E-state index in [0.29, 0.717) is 11.6 Å². The molecule has 1 saturated carbocycles. The normalized spacial score (nSPS) is 21.5. The lowest BCUT2D eigenvalue weighted by molar-refractivity contribution is 0.0761. The lowest BCUT2D eigenvalue weighted by Gasteiger charge is -2.21. The highest BCUT2D eigenvalue weighted by Gasteiger charge is 2.30. The van der Waals surface area contributed by atoms with Crippen molar-refractivity contribution in [2.75, 3.05) is 13.1 Å². The van der Waals surface area contributed by atoms with Crippen molar-refractivity contribution in [3.05, 3.63) is 23.0 Å². The van der Waals surface area contributed by atoms with Crippen molar-refractivity contribution >= 4 is 17.0 Å². The fraction of sp³-hybridized carbons (Fsp3) is 0.650. The first kappa shape index (κ1) is 16.6. The average molecular weight is 341 g/mol. The first-order chi connectivity index (χ1) is 12.2. The minimum atomic E-state index is 0.123. The van der Waals surface area contributed by atoms with Gasteiger partial charge in [-0.15, -0.1) is 0 Å². The first-order valence-corrected chi connectivity index (χ1v) is 9.73. The van der Waals surface area contributed by atoms with E-state index in [-0.39, 0.29) is 5.91 Å². The third-order valence-corrected chi connectivity index (χ3v) is 5.69. The number of amides is 1. The van der Waals surface area contributed by atoms with Crippen LogP contribution in [0.4, 0.5) is 0 Å². The van der Waals surface area contributed by atoms with Crippen molar-refractivity contribution in [1.29, 1.82) is 0 Å². The maximum Gasteiger partial charge on any atom is 0.259 e. The number of rotatable bonds is 4. The van der Waals surface area contributed by atoms with E-state index in [4.69, 9.17) is 4.52 Å². The molecule has 0 bridgehead atoms. The summed E-state index contributed by atoms with van der Waals surface area (Å²) in [7, 11) is 0. The summed E-state index contributed by atoms with van der Waals surface area (Å²) in [4.78, 5) is 19.9. The molecule has 0 spiro atoms. The maximum absolute atomic E-state index is 13.3. The lowest BCUT2D eigenvalue weighted by Crippen LogP contribution is -2.32. The zero-order valence-electron chi connectivity index (χ0n) is 15.3. The monoisotopic (exact) mass is 341 g/mol. The van der Waals surface area contributed by atoms with Gasteiger partial charge in [0.1, 0.15) is 0 Å². The molecule has 1 atom stereocenters. The molecule has 0 aromatic carbocycles. The number of likely N-dealkylation sites (tertiary alicyclic amines) is 1. The van der Waals surface area contributed by atoms with Crippen LogP contribution in [-0.4, -0.2) is 34.0 Å². The molecular weight excluding hydrogens is 314 g/mol. The van der Waals surface area contributed by atoms with E-state index in [1.807, 2.05) is 17.9 Å². The molecule has 1 aliphatic heterocycles. The minimum absolute atomic E-state index is 0.123. The van der Waals surface area contributed by atoms with Gasteiger partial charge in [0, 0.05) is 24.7 Å². The van der Waals surface area contributed by atoms with Gasteiger partial charge in [0.15, 0.2) is 0 Å². The Balaban J connectivity index is 1.64. The minimum Gasteiger partial charge on any atom is -0.339 e. The molecule has 1 amide bonds. The molecule has 134 valence electrons. The average Bonchev–Trinajstić information content (AvgIpc) is 3.42. The molecule has 2 fully saturated rings. The summed E-state index contributed by atoms with van der Waals surface area (Å²) in [5.41, 5.74) is 3.00. The van der Waals surface area contributed by atoms with E-state index >= 15 is 0 Å². The molecule has 0 unspecified atom stereocenters. The van der Waals surface area contributed by atoms with E-state index in [0.717, 1.165) is 67.0 Å². The van der Waals surface area contributed by atoms with Crippen molar-refractivity contribution in [2.24, 2.45) is 5.92 Å². The molecule has 1 aliphatic carbocycles. The summed E-state index contributed by atoms with van der Waals surface area (Å²) >= 11 is 0. The highest BCUT2D eigenvalue weighted by molar-refractivity contribution is 6.06. The third kappa shape index (κ3) is 3.29. The zero-order chi connectivity index (χ0) is 17.4. The van der Waals surface area contributed by atoms with Crippen molar-refractivity contribution < 1.29 is 9.32 Å². The SMILES string of the molecule is CCC[C@H]1CCCN(C(=O)c2cc(C3CC3)nc3onc(C)c23)CC1. The van der Waals surface area contributed by atoms with Crippen LogP contribution in [0.15, 0.2) is 10.6 Å². The van der Waals surface area contributed by atoms with Gasteiger partial charge < -0.3 is 9.42 Å². The maximum atomic E-state index is 13.3. The topological polar surface area (TPSA) is 59.2 Å². The Bertz CT molecular complexity index is 779. The van der Waals surface area contributed by atoms with Crippen molar-refractivity contribution in [1.82, 2.24) is 15.0 Å². The highest BCUT2D eigenvalue weighted by atomic mass is 16.5. The van der Waals surface area contributed by atoms with Crippen LogP contribution in [0.25, 0.3) is 11.1 Å². The molecule has 5 nitrogen and oxygen atoms in total. The van der Waals surface area contributed by atoms with Gasteiger partial charge in [-0.2, -0.15) is 0 Å². The Kier molecular flexibility index (Phi) is 4.48. The van der Waals surface area contributed by atoms with Gasteiger partial charge in [0.05, 0.1) is 16.6 Å². The van der Waals surface area contributed by atoms with Crippen LogP contribution in [0.2, 0.25) is 0 Å². The second-order valence-corrected chi connectivity index (χ2v) is 7.69. The predicted octanol–water partition coefficient (Wildman–Crippen LogP) is 4.45. The highest BCUT2D eigenvalue weighted by Crippen LogP contribution is 2.40. The summed E-state index contributed by atoms with van der Waals surface area (Å²) in [5.74, 6) is 1.37.